The molecule has 1 aromatic rings. The molecule has 0 saturated heterocycles. The maximum Gasteiger partial charge on any atom is 0.231 e. The van der Waals surface area contributed by atoms with Crippen LogP contribution in [0.5, 0.6) is 0 Å². The monoisotopic (exact) mass is 295 g/mol. The van der Waals surface area contributed by atoms with E-state index in [1.54, 1.807) is 0 Å². The first-order valence-electron chi connectivity index (χ1n) is 8.36. The average Bonchev–Trinajstić information content (AvgIpc) is 2.88. The van der Waals surface area contributed by atoms with Crippen LogP contribution in [0.4, 0.5) is 0 Å². The van der Waals surface area contributed by atoms with Gasteiger partial charge in [0.15, 0.2) is 0 Å². The summed E-state index contributed by atoms with van der Waals surface area (Å²) < 4.78 is 11.6. The summed E-state index contributed by atoms with van der Waals surface area (Å²) in [7, 11) is 0. The van der Waals surface area contributed by atoms with Gasteiger partial charge >= 0.3 is 0 Å². The maximum atomic E-state index is 6.10. The van der Waals surface area contributed by atoms with Crippen molar-refractivity contribution in [3.8, 4) is 0 Å². The predicted molar refractivity (Wildman–Crippen MR) is 82.0 cm³/mol. The molecule has 0 radical (unpaired) electrons. The zero-order valence-corrected chi connectivity index (χ0v) is 13.6. The summed E-state index contributed by atoms with van der Waals surface area (Å²) in [6.45, 7) is 6.83. The molecule has 1 aliphatic rings. The fourth-order valence-electron chi connectivity index (χ4n) is 3.15. The van der Waals surface area contributed by atoms with Crippen LogP contribution >= 0.6 is 0 Å². The Kier molecular flexibility index (Phi) is 5.76. The first kappa shape index (κ1) is 16.4. The minimum absolute atomic E-state index is 0.0514. The van der Waals surface area contributed by atoms with Crippen LogP contribution in [0.2, 0.25) is 0 Å². The van der Waals surface area contributed by atoms with Crippen LogP contribution in [0.3, 0.4) is 0 Å². The maximum absolute atomic E-state index is 6.10. The highest BCUT2D eigenvalue weighted by molar-refractivity contribution is 5.05. The molecule has 1 heterocycles. The SMILES string of the molecule is CCOC1(c2noc(C(C)C(N)CC)n2)CCCCCC1. The number of ether oxygens (including phenoxy) is 1. The summed E-state index contributed by atoms with van der Waals surface area (Å²) in [5.41, 5.74) is 5.74. The third-order valence-corrected chi connectivity index (χ3v) is 4.68. The number of hydrogen-bond acceptors (Lipinski definition) is 5. The van der Waals surface area contributed by atoms with Gasteiger partial charge in [0.25, 0.3) is 0 Å². The third kappa shape index (κ3) is 3.64. The summed E-state index contributed by atoms with van der Waals surface area (Å²) in [6.07, 6.45) is 7.70. The van der Waals surface area contributed by atoms with Gasteiger partial charge in [-0.1, -0.05) is 44.7 Å². The third-order valence-electron chi connectivity index (χ3n) is 4.68. The molecule has 0 bridgehead atoms. The van der Waals surface area contributed by atoms with Crippen molar-refractivity contribution in [2.75, 3.05) is 6.61 Å². The predicted octanol–water partition coefficient (Wildman–Crippen LogP) is 3.50. The van der Waals surface area contributed by atoms with Crippen LogP contribution in [-0.4, -0.2) is 22.8 Å². The molecule has 2 N–H and O–H groups in total. The molecule has 1 aromatic heterocycles. The Bertz CT molecular complexity index is 425. The number of nitrogens with two attached hydrogens (primary N) is 1. The van der Waals surface area contributed by atoms with Crippen molar-refractivity contribution in [1.29, 1.82) is 0 Å². The van der Waals surface area contributed by atoms with Crippen LogP contribution < -0.4 is 5.73 Å². The molecule has 5 nitrogen and oxygen atoms in total. The zero-order chi connectivity index (χ0) is 15.3. The van der Waals surface area contributed by atoms with Gasteiger partial charge in [-0.15, -0.1) is 0 Å². The average molecular weight is 295 g/mol. The lowest BCUT2D eigenvalue weighted by Gasteiger charge is -2.29. The molecule has 1 aliphatic carbocycles. The number of nitrogens with zero attached hydrogens (tertiary/aromatic N) is 2. The minimum atomic E-state index is -0.358. The molecule has 21 heavy (non-hydrogen) atoms. The van der Waals surface area contributed by atoms with Crippen molar-refractivity contribution in [2.24, 2.45) is 5.73 Å². The molecule has 2 atom stereocenters. The molecular formula is C16H29N3O2. The van der Waals surface area contributed by atoms with Crippen molar-refractivity contribution < 1.29 is 9.26 Å². The summed E-state index contributed by atoms with van der Waals surface area (Å²) in [5, 5.41) is 4.24. The van der Waals surface area contributed by atoms with Crippen molar-refractivity contribution in [3.05, 3.63) is 11.7 Å². The zero-order valence-electron chi connectivity index (χ0n) is 13.6. The highest BCUT2D eigenvalue weighted by Gasteiger charge is 2.38. The smallest absolute Gasteiger partial charge is 0.231 e. The molecule has 1 saturated carbocycles. The van der Waals surface area contributed by atoms with Crippen molar-refractivity contribution >= 4 is 0 Å². The number of aromatic nitrogens is 2. The van der Waals surface area contributed by atoms with E-state index in [0.29, 0.717) is 12.5 Å². The summed E-state index contributed by atoms with van der Waals surface area (Å²) >= 11 is 0. The van der Waals surface area contributed by atoms with Crippen molar-refractivity contribution in [2.45, 2.75) is 83.3 Å². The van der Waals surface area contributed by atoms with E-state index in [0.717, 1.165) is 37.9 Å². The second-order valence-electron chi connectivity index (χ2n) is 6.16. The van der Waals surface area contributed by atoms with Crippen LogP contribution in [0.15, 0.2) is 4.52 Å². The molecule has 0 spiro atoms. The van der Waals surface area contributed by atoms with Gasteiger partial charge in [-0.05, 0) is 26.2 Å². The Balaban J connectivity index is 2.23. The van der Waals surface area contributed by atoms with Gasteiger partial charge in [-0.3, -0.25) is 0 Å². The van der Waals surface area contributed by atoms with E-state index >= 15 is 0 Å². The Labute approximate surface area is 127 Å². The van der Waals surface area contributed by atoms with E-state index in [4.69, 9.17) is 15.0 Å². The van der Waals surface area contributed by atoms with Crippen molar-refractivity contribution in [1.82, 2.24) is 10.1 Å². The van der Waals surface area contributed by atoms with E-state index in [1.165, 1.54) is 12.8 Å². The van der Waals surface area contributed by atoms with Crippen LogP contribution in [0, 0.1) is 0 Å². The molecule has 120 valence electrons. The first-order chi connectivity index (χ1) is 10.1. The molecule has 5 heteroatoms. The number of hydrogen-bond donors (Lipinski definition) is 1. The molecule has 0 amide bonds. The summed E-state index contributed by atoms with van der Waals surface area (Å²) in [4.78, 5) is 4.65. The highest BCUT2D eigenvalue weighted by Crippen LogP contribution is 2.38. The van der Waals surface area contributed by atoms with E-state index in [9.17, 15) is 0 Å². The van der Waals surface area contributed by atoms with Gasteiger partial charge in [-0.2, -0.15) is 4.98 Å². The largest absolute Gasteiger partial charge is 0.367 e. The molecule has 0 aliphatic heterocycles. The van der Waals surface area contributed by atoms with Gasteiger partial charge in [0.05, 0.1) is 5.92 Å². The van der Waals surface area contributed by atoms with Crippen LogP contribution in [0.25, 0.3) is 0 Å². The highest BCUT2D eigenvalue weighted by atomic mass is 16.5. The quantitative estimate of drug-likeness (QED) is 0.813. The van der Waals surface area contributed by atoms with Gasteiger partial charge in [0, 0.05) is 12.6 Å². The molecule has 1 fully saturated rings. The molecule has 0 aromatic carbocycles. The van der Waals surface area contributed by atoms with Crippen molar-refractivity contribution in [3.63, 3.8) is 0 Å². The van der Waals surface area contributed by atoms with Gasteiger partial charge in [0.2, 0.25) is 11.7 Å². The second-order valence-corrected chi connectivity index (χ2v) is 6.16. The lowest BCUT2D eigenvalue weighted by molar-refractivity contribution is -0.0636. The van der Waals surface area contributed by atoms with E-state index < -0.39 is 0 Å². The Morgan fingerprint density at radius 3 is 2.48 bits per heavy atom. The standard InChI is InChI=1S/C16H29N3O2/c1-4-13(17)12(3)14-18-15(19-21-14)16(20-5-2)10-8-6-7-9-11-16/h12-13H,4-11,17H2,1-3H3. The van der Waals surface area contributed by atoms with Gasteiger partial charge in [0.1, 0.15) is 5.60 Å². The topological polar surface area (TPSA) is 74.2 Å². The minimum Gasteiger partial charge on any atom is -0.367 e. The molecule has 2 rings (SSSR count). The molecular weight excluding hydrogens is 266 g/mol. The van der Waals surface area contributed by atoms with Crippen LogP contribution in [-0.2, 0) is 10.3 Å². The van der Waals surface area contributed by atoms with E-state index in [2.05, 4.69) is 17.1 Å². The number of rotatable bonds is 6. The Morgan fingerprint density at radius 2 is 1.90 bits per heavy atom. The Morgan fingerprint density at radius 1 is 1.24 bits per heavy atom. The van der Waals surface area contributed by atoms with Gasteiger partial charge in [-0.25, -0.2) is 0 Å². The van der Waals surface area contributed by atoms with Crippen LogP contribution in [0.1, 0.15) is 83.3 Å². The van der Waals surface area contributed by atoms with Gasteiger partial charge < -0.3 is 15.0 Å². The lowest BCUT2D eigenvalue weighted by Crippen LogP contribution is -2.31. The first-order valence-corrected chi connectivity index (χ1v) is 8.36. The molecule has 2 unspecified atom stereocenters. The Hall–Kier alpha value is -0.940. The fourth-order valence-corrected chi connectivity index (χ4v) is 3.15. The summed E-state index contributed by atoms with van der Waals surface area (Å²) in [5.74, 6) is 1.44. The fraction of sp³-hybridized carbons (Fsp3) is 0.875. The summed E-state index contributed by atoms with van der Waals surface area (Å²) in [6, 6.07) is 0.0514. The van der Waals surface area contributed by atoms with E-state index in [1.807, 2.05) is 13.8 Å². The normalized spacial score (nSPS) is 21.7. The van der Waals surface area contributed by atoms with E-state index in [-0.39, 0.29) is 17.6 Å². The lowest BCUT2D eigenvalue weighted by atomic mass is 9.93. The second kappa shape index (κ2) is 7.36.